The van der Waals surface area contributed by atoms with Crippen molar-refractivity contribution in [3.8, 4) is 11.5 Å². The molecule has 1 N–H and O–H groups in total. The van der Waals surface area contributed by atoms with Crippen molar-refractivity contribution < 1.29 is 9.47 Å². The van der Waals surface area contributed by atoms with Gasteiger partial charge in [-0.3, -0.25) is 0 Å². The van der Waals surface area contributed by atoms with Crippen molar-refractivity contribution in [2.45, 2.75) is 12.5 Å². The second kappa shape index (κ2) is 8.25. The molecule has 3 nitrogen and oxygen atoms in total. The highest BCUT2D eigenvalue weighted by Crippen LogP contribution is 2.37. The van der Waals surface area contributed by atoms with Crippen LogP contribution in [0.25, 0.3) is 0 Å². The summed E-state index contributed by atoms with van der Waals surface area (Å²) in [6.07, 6.45) is 0.846. The normalized spacial score (nSPS) is 11.6. The zero-order chi connectivity index (χ0) is 17.5. The van der Waals surface area contributed by atoms with Crippen LogP contribution in [0.2, 0.25) is 0 Å². The van der Waals surface area contributed by atoms with Gasteiger partial charge in [0.1, 0.15) is 0 Å². The largest absolute Gasteiger partial charge is 0.493 e. The smallest absolute Gasteiger partial charge is 0.165 e. The third-order valence-corrected chi connectivity index (χ3v) is 4.21. The van der Waals surface area contributed by atoms with Crippen LogP contribution in [-0.4, -0.2) is 14.2 Å². The van der Waals surface area contributed by atoms with Crippen LogP contribution < -0.4 is 14.8 Å². The first-order valence-corrected chi connectivity index (χ1v) is 8.38. The SMILES string of the molecule is COc1cccc([C@@H](Cc2ccccc2)Nc2ccccc2)c1OC. The number of nitrogens with one attached hydrogen (secondary N) is 1. The van der Waals surface area contributed by atoms with Gasteiger partial charge >= 0.3 is 0 Å². The molecule has 128 valence electrons. The molecule has 0 unspecified atom stereocenters. The van der Waals surface area contributed by atoms with Gasteiger partial charge in [-0.2, -0.15) is 0 Å². The summed E-state index contributed by atoms with van der Waals surface area (Å²) in [5, 5.41) is 3.63. The summed E-state index contributed by atoms with van der Waals surface area (Å²) in [5.41, 5.74) is 3.42. The van der Waals surface area contributed by atoms with E-state index in [2.05, 4.69) is 47.8 Å². The lowest BCUT2D eigenvalue weighted by Gasteiger charge is -2.23. The lowest BCUT2D eigenvalue weighted by Crippen LogP contribution is -2.15. The number of benzene rings is 3. The Labute approximate surface area is 149 Å². The number of anilines is 1. The van der Waals surface area contributed by atoms with Gasteiger partial charge in [-0.1, -0.05) is 60.7 Å². The Morgan fingerprint density at radius 1 is 0.760 bits per heavy atom. The topological polar surface area (TPSA) is 30.5 Å². The Kier molecular flexibility index (Phi) is 5.57. The minimum atomic E-state index is 0.0647. The number of ether oxygens (including phenoxy) is 2. The molecule has 0 fully saturated rings. The van der Waals surface area contributed by atoms with E-state index in [9.17, 15) is 0 Å². The standard InChI is InChI=1S/C22H23NO2/c1-24-21-15-9-14-19(22(21)25-2)20(16-17-10-5-3-6-11-17)23-18-12-7-4-8-13-18/h3-15,20,23H,16H2,1-2H3/t20-/m1/s1. The molecule has 0 bridgehead atoms. The minimum Gasteiger partial charge on any atom is -0.493 e. The number of methoxy groups -OCH3 is 2. The van der Waals surface area contributed by atoms with Crippen LogP contribution in [0.15, 0.2) is 78.9 Å². The predicted molar refractivity (Wildman–Crippen MR) is 102 cm³/mol. The second-order valence-corrected chi connectivity index (χ2v) is 5.84. The minimum absolute atomic E-state index is 0.0647. The second-order valence-electron chi connectivity index (χ2n) is 5.84. The quantitative estimate of drug-likeness (QED) is 0.652. The molecule has 0 aromatic heterocycles. The van der Waals surface area contributed by atoms with Crippen molar-refractivity contribution in [1.82, 2.24) is 0 Å². The summed E-state index contributed by atoms with van der Waals surface area (Å²) < 4.78 is 11.1. The Bertz CT molecular complexity index is 746. The summed E-state index contributed by atoms with van der Waals surface area (Å²) in [5.74, 6) is 1.52. The first kappa shape index (κ1) is 16.9. The van der Waals surface area contributed by atoms with Crippen LogP contribution in [-0.2, 0) is 6.42 Å². The molecule has 3 heteroatoms. The van der Waals surface area contributed by atoms with E-state index in [1.807, 2.05) is 36.4 Å². The van der Waals surface area contributed by atoms with E-state index in [1.54, 1.807) is 14.2 Å². The molecule has 0 radical (unpaired) electrons. The summed E-state index contributed by atoms with van der Waals surface area (Å²) in [6.45, 7) is 0. The Hall–Kier alpha value is -2.94. The third-order valence-electron chi connectivity index (χ3n) is 4.21. The lowest BCUT2D eigenvalue weighted by molar-refractivity contribution is 0.350. The van der Waals surface area contributed by atoms with Crippen LogP contribution >= 0.6 is 0 Å². The van der Waals surface area contributed by atoms with Gasteiger partial charge in [0.05, 0.1) is 20.3 Å². The van der Waals surface area contributed by atoms with Crippen LogP contribution in [0.3, 0.4) is 0 Å². The number of hydrogen-bond acceptors (Lipinski definition) is 3. The molecule has 0 aliphatic carbocycles. The van der Waals surface area contributed by atoms with E-state index in [1.165, 1.54) is 5.56 Å². The first-order valence-electron chi connectivity index (χ1n) is 8.38. The summed E-state index contributed by atoms with van der Waals surface area (Å²) >= 11 is 0. The molecule has 25 heavy (non-hydrogen) atoms. The highest BCUT2D eigenvalue weighted by Gasteiger charge is 2.19. The maximum atomic E-state index is 5.66. The van der Waals surface area contributed by atoms with Gasteiger partial charge in [-0.05, 0) is 30.2 Å². The van der Waals surface area contributed by atoms with E-state index in [-0.39, 0.29) is 6.04 Å². The number of hydrogen-bond donors (Lipinski definition) is 1. The van der Waals surface area contributed by atoms with Crippen molar-refractivity contribution in [2.75, 3.05) is 19.5 Å². The molecular weight excluding hydrogens is 310 g/mol. The van der Waals surface area contributed by atoms with Crippen LogP contribution in [0.1, 0.15) is 17.2 Å². The summed E-state index contributed by atoms with van der Waals surface area (Å²) in [6, 6.07) is 26.8. The number of para-hydroxylation sites is 2. The van der Waals surface area contributed by atoms with Gasteiger partial charge in [0, 0.05) is 11.3 Å². The van der Waals surface area contributed by atoms with Crippen molar-refractivity contribution in [2.24, 2.45) is 0 Å². The van der Waals surface area contributed by atoms with Gasteiger partial charge in [0.2, 0.25) is 0 Å². The zero-order valence-electron chi connectivity index (χ0n) is 14.6. The maximum absolute atomic E-state index is 5.66. The van der Waals surface area contributed by atoms with Crippen molar-refractivity contribution in [3.63, 3.8) is 0 Å². The highest BCUT2D eigenvalue weighted by atomic mass is 16.5. The first-order chi connectivity index (χ1) is 12.3. The lowest BCUT2D eigenvalue weighted by atomic mass is 9.97. The van der Waals surface area contributed by atoms with E-state index in [0.29, 0.717) is 0 Å². The molecule has 0 aliphatic heterocycles. The van der Waals surface area contributed by atoms with Gasteiger partial charge in [-0.15, -0.1) is 0 Å². The van der Waals surface area contributed by atoms with E-state index < -0.39 is 0 Å². The van der Waals surface area contributed by atoms with Crippen molar-refractivity contribution >= 4 is 5.69 Å². The number of rotatable bonds is 7. The molecule has 3 aromatic carbocycles. The molecule has 3 aromatic rings. The Balaban J connectivity index is 1.98. The fourth-order valence-electron chi connectivity index (χ4n) is 3.01. The maximum Gasteiger partial charge on any atom is 0.165 e. The van der Waals surface area contributed by atoms with Gasteiger partial charge < -0.3 is 14.8 Å². The van der Waals surface area contributed by atoms with Gasteiger partial charge in [0.15, 0.2) is 11.5 Å². The van der Waals surface area contributed by atoms with E-state index in [4.69, 9.17) is 9.47 Å². The molecular formula is C22H23NO2. The summed E-state index contributed by atoms with van der Waals surface area (Å²) in [4.78, 5) is 0. The van der Waals surface area contributed by atoms with E-state index >= 15 is 0 Å². The third kappa shape index (κ3) is 4.13. The monoisotopic (exact) mass is 333 g/mol. The Morgan fingerprint density at radius 3 is 2.08 bits per heavy atom. The molecule has 0 saturated carbocycles. The van der Waals surface area contributed by atoms with Crippen molar-refractivity contribution in [1.29, 1.82) is 0 Å². The molecule has 0 heterocycles. The molecule has 0 amide bonds. The van der Waals surface area contributed by atoms with Crippen LogP contribution in [0, 0.1) is 0 Å². The summed E-state index contributed by atoms with van der Waals surface area (Å²) in [7, 11) is 3.35. The van der Waals surface area contributed by atoms with E-state index in [0.717, 1.165) is 29.2 Å². The molecule has 0 saturated heterocycles. The van der Waals surface area contributed by atoms with Crippen molar-refractivity contribution in [3.05, 3.63) is 90.0 Å². The van der Waals surface area contributed by atoms with Crippen LogP contribution in [0.5, 0.6) is 11.5 Å². The van der Waals surface area contributed by atoms with Gasteiger partial charge in [-0.25, -0.2) is 0 Å². The average Bonchev–Trinajstić information content (AvgIpc) is 2.68. The molecule has 0 aliphatic rings. The van der Waals surface area contributed by atoms with Gasteiger partial charge in [0.25, 0.3) is 0 Å². The highest BCUT2D eigenvalue weighted by molar-refractivity contribution is 5.53. The predicted octanol–water partition coefficient (Wildman–Crippen LogP) is 5.10. The average molecular weight is 333 g/mol. The molecule has 1 atom stereocenters. The fourth-order valence-corrected chi connectivity index (χ4v) is 3.01. The fraction of sp³-hybridized carbons (Fsp3) is 0.182. The Morgan fingerprint density at radius 2 is 1.44 bits per heavy atom. The molecule has 3 rings (SSSR count). The molecule has 0 spiro atoms. The van der Waals surface area contributed by atoms with Crippen LogP contribution in [0.4, 0.5) is 5.69 Å². The zero-order valence-corrected chi connectivity index (χ0v) is 14.6.